The number of carbonyl (C=O) groups is 1. The largest absolute Gasteiger partial charge is 0.394 e. The molecule has 130 valence electrons. The summed E-state index contributed by atoms with van der Waals surface area (Å²) in [5.41, 5.74) is 2.42. The predicted octanol–water partition coefficient (Wildman–Crippen LogP) is 2.62. The predicted molar refractivity (Wildman–Crippen MR) is 100 cm³/mol. The maximum absolute atomic E-state index is 12.6. The van der Waals surface area contributed by atoms with Gasteiger partial charge in [-0.05, 0) is 23.3 Å². The fraction of sp³-hybridized carbons (Fsp3) is 0.350. The minimum atomic E-state index is -0.0995. The molecule has 2 saturated heterocycles. The zero-order chi connectivity index (χ0) is 17.4. The van der Waals surface area contributed by atoms with Crippen molar-refractivity contribution in [1.82, 2.24) is 9.80 Å². The van der Waals surface area contributed by atoms with E-state index in [9.17, 15) is 9.90 Å². The van der Waals surface area contributed by atoms with Gasteiger partial charge in [-0.15, -0.1) is 0 Å². The number of fused-ring (bicyclic) bond motifs is 1. The fourth-order valence-electron chi connectivity index (χ4n) is 4.21. The van der Waals surface area contributed by atoms with Crippen LogP contribution in [-0.2, 0) is 11.3 Å². The minimum absolute atomic E-state index is 0.0155. The summed E-state index contributed by atoms with van der Waals surface area (Å²) in [5.74, 6) is 0.320. The summed E-state index contributed by atoms with van der Waals surface area (Å²) in [6.45, 7) is 2.07. The lowest BCUT2D eigenvalue weighted by Crippen LogP contribution is -2.72. The number of piperazine rings is 1. The standard InChI is InChI=1S/C20H21BrN2O2/c21-16-8-6-15(7-9-16)20-17-11-22(10-14-4-2-1-3-5-14)12-19(25)23(17)18(20)13-24/h1-9,17-18,20,24H,10-13H2/t17-,18+,20+/m1/s1. The van der Waals surface area contributed by atoms with Crippen LogP contribution in [0.5, 0.6) is 0 Å². The number of nitrogens with zero attached hydrogens (tertiary/aromatic N) is 2. The van der Waals surface area contributed by atoms with Crippen LogP contribution in [0.1, 0.15) is 17.0 Å². The normalized spacial score (nSPS) is 26.2. The summed E-state index contributed by atoms with van der Waals surface area (Å²) >= 11 is 3.47. The van der Waals surface area contributed by atoms with Gasteiger partial charge in [0.15, 0.2) is 0 Å². The van der Waals surface area contributed by atoms with Gasteiger partial charge in [-0.2, -0.15) is 0 Å². The lowest BCUT2D eigenvalue weighted by Gasteiger charge is -2.59. The average Bonchev–Trinajstić information content (AvgIpc) is 2.60. The summed E-state index contributed by atoms with van der Waals surface area (Å²) in [4.78, 5) is 16.7. The van der Waals surface area contributed by atoms with Crippen molar-refractivity contribution in [1.29, 1.82) is 0 Å². The highest BCUT2D eigenvalue weighted by molar-refractivity contribution is 9.10. The van der Waals surface area contributed by atoms with Gasteiger partial charge in [0, 0.05) is 23.5 Å². The molecule has 1 amide bonds. The molecule has 0 aromatic heterocycles. The Labute approximate surface area is 156 Å². The highest BCUT2D eigenvalue weighted by Crippen LogP contribution is 2.43. The van der Waals surface area contributed by atoms with Crippen molar-refractivity contribution < 1.29 is 9.90 Å². The molecule has 1 N–H and O–H groups in total. The molecule has 25 heavy (non-hydrogen) atoms. The van der Waals surface area contributed by atoms with E-state index in [1.165, 1.54) is 11.1 Å². The second kappa shape index (κ2) is 6.90. The Morgan fingerprint density at radius 2 is 1.80 bits per heavy atom. The molecule has 0 radical (unpaired) electrons. The molecule has 2 fully saturated rings. The van der Waals surface area contributed by atoms with E-state index < -0.39 is 0 Å². The van der Waals surface area contributed by atoms with Crippen LogP contribution in [0.4, 0.5) is 0 Å². The lowest BCUT2D eigenvalue weighted by atomic mass is 9.74. The van der Waals surface area contributed by atoms with Gasteiger partial charge in [0.25, 0.3) is 0 Å². The average molecular weight is 401 g/mol. The smallest absolute Gasteiger partial charge is 0.237 e. The topological polar surface area (TPSA) is 43.8 Å². The quantitative estimate of drug-likeness (QED) is 0.857. The Hall–Kier alpha value is -1.69. The molecule has 0 aliphatic carbocycles. The fourth-order valence-corrected chi connectivity index (χ4v) is 4.48. The molecular formula is C20H21BrN2O2. The Morgan fingerprint density at radius 3 is 2.48 bits per heavy atom. The van der Waals surface area contributed by atoms with Crippen molar-refractivity contribution in [3.63, 3.8) is 0 Å². The number of carbonyl (C=O) groups excluding carboxylic acids is 1. The number of amides is 1. The van der Waals surface area contributed by atoms with Crippen LogP contribution in [0.3, 0.4) is 0 Å². The number of rotatable bonds is 4. The van der Waals surface area contributed by atoms with E-state index in [2.05, 4.69) is 45.1 Å². The van der Waals surface area contributed by atoms with Gasteiger partial charge in [-0.1, -0.05) is 58.4 Å². The second-order valence-electron chi connectivity index (χ2n) is 6.85. The molecule has 2 aliphatic heterocycles. The molecule has 5 heteroatoms. The van der Waals surface area contributed by atoms with Crippen molar-refractivity contribution in [3.05, 3.63) is 70.2 Å². The number of aliphatic hydroxyl groups is 1. The summed E-state index contributed by atoms with van der Waals surface area (Å²) in [7, 11) is 0. The first-order valence-electron chi connectivity index (χ1n) is 8.61. The van der Waals surface area contributed by atoms with Gasteiger partial charge in [-0.3, -0.25) is 9.69 Å². The molecule has 0 bridgehead atoms. The third-order valence-corrected chi connectivity index (χ3v) is 5.86. The molecule has 0 spiro atoms. The van der Waals surface area contributed by atoms with E-state index in [4.69, 9.17) is 0 Å². The summed E-state index contributed by atoms with van der Waals surface area (Å²) in [6, 6.07) is 18.5. The maximum Gasteiger partial charge on any atom is 0.237 e. The van der Waals surface area contributed by atoms with Crippen molar-refractivity contribution in [2.45, 2.75) is 24.5 Å². The number of hydrogen-bond donors (Lipinski definition) is 1. The molecule has 0 saturated carbocycles. The van der Waals surface area contributed by atoms with E-state index >= 15 is 0 Å². The first kappa shape index (κ1) is 16.8. The van der Waals surface area contributed by atoms with Crippen molar-refractivity contribution >= 4 is 21.8 Å². The van der Waals surface area contributed by atoms with E-state index in [0.717, 1.165) is 17.6 Å². The molecule has 3 atom stereocenters. The first-order chi connectivity index (χ1) is 12.2. The highest BCUT2D eigenvalue weighted by Gasteiger charge is 2.53. The van der Waals surface area contributed by atoms with Gasteiger partial charge in [-0.25, -0.2) is 0 Å². The van der Waals surface area contributed by atoms with Crippen LogP contribution >= 0.6 is 15.9 Å². The van der Waals surface area contributed by atoms with Gasteiger partial charge in [0.2, 0.25) is 5.91 Å². The second-order valence-corrected chi connectivity index (χ2v) is 7.77. The van der Waals surface area contributed by atoms with Crippen molar-refractivity contribution in [2.24, 2.45) is 0 Å². The van der Waals surface area contributed by atoms with E-state index in [-0.39, 0.29) is 30.5 Å². The zero-order valence-electron chi connectivity index (χ0n) is 13.9. The van der Waals surface area contributed by atoms with Gasteiger partial charge < -0.3 is 10.0 Å². The maximum atomic E-state index is 12.6. The molecule has 2 heterocycles. The summed E-state index contributed by atoms with van der Waals surface area (Å²) < 4.78 is 1.04. The minimum Gasteiger partial charge on any atom is -0.394 e. The third-order valence-electron chi connectivity index (χ3n) is 5.33. The Bertz CT molecular complexity index is 750. The third kappa shape index (κ3) is 3.12. The molecule has 2 aromatic carbocycles. The number of aliphatic hydroxyl groups excluding tert-OH is 1. The molecular weight excluding hydrogens is 380 g/mol. The molecule has 4 nitrogen and oxygen atoms in total. The van der Waals surface area contributed by atoms with Gasteiger partial charge in [0.1, 0.15) is 0 Å². The molecule has 4 rings (SSSR count). The monoisotopic (exact) mass is 400 g/mol. The van der Waals surface area contributed by atoms with E-state index in [0.29, 0.717) is 6.54 Å². The summed E-state index contributed by atoms with van der Waals surface area (Å²) in [6.07, 6.45) is 0. The van der Waals surface area contributed by atoms with Crippen LogP contribution in [0.15, 0.2) is 59.1 Å². The number of benzene rings is 2. The van der Waals surface area contributed by atoms with Crippen LogP contribution in [0.2, 0.25) is 0 Å². The van der Waals surface area contributed by atoms with Crippen molar-refractivity contribution in [3.8, 4) is 0 Å². The molecule has 2 aliphatic rings. The van der Waals surface area contributed by atoms with Crippen molar-refractivity contribution in [2.75, 3.05) is 19.7 Å². The van der Waals surface area contributed by atoms with E-state index in [1.54, 1.807) is 0 Å². The van der Waals surface area contributed by atoms with Crippen LogP contribution in [0.25, 0.3) is 0 Å². The Morgan fingerprint density at radius 1 is 1.08 bits per heavy atom. The Kier molecular flexibility index (Phi) is 4.63. The number of halogens is 1. The highest BCUT2D eigenvalue weighted by atomic mass is 79.9. The Balaban J connectivity index is 1.54. The zero-order valence-corrected chi connectivity index (χ0v) is 15.5. The number of hydrogen-bond acceptors (Lipinski definition) is 3. The first-order valence-corrected chi connectivity index (χ1v) is 9.40. The molecule has 2 aromatic rings. The van der Waals surface area contributed by atoms with Crippen LogP contribution in [-0.4, -0.2) is 52.6 Å². The van der Waals surface area contributed by atoms with Gasteiger partial charge >= 0.3 is 0 Å². The van der Waals surface area contributed by atoms with E-state index in [1.807, 2.05) is 35.2 Å². The van der Waals surface area contributed by atoms with Crippen LogP contribution < -0.4 is 0 Å². The van der Waals surface area contributed by atoms with Crippen LogP contribution in [0, 0.1) is 0 Å². The lowest BCUT2D eigenvalue weighted by molar-refractivity contribution is -0.162. The molecule has 0 unspecified atom stereocenters. The summed E-state index contributed by atoms with van der Waals surface area (Å²) in [5, 5.41) is 9.81. The SMILES string of the molecule is O=C1CN(Cc2ccccc2)C[C@@H]2[C@H](c3ccc(Br)cc3)[C@H](CO)N12. The van der Waals surface area contributed by atoms with Gasteiger partial charge in [0.05, 0.1) is 25.2 Å².